The summed E-state index contributed by atoms with van der Waals surface area (Å²) in [5, 5.41) is 0. The highest BCUT2D eigenvalue weighted by Crippen LogP contribution is 2.17. The van der Waals surface area contributed by atoms with E-state index in [1.807, 2.05) is 24.3 Å². The number of hydrogen-bond acceptors (Lipinski definition) is 3. The second kappa shape index (κ2) is 6.43. The predicted molar refractivity (Wildman–Crippen MR) is 82.6 cm³/mol. The van der Waals surface area contributed by atoms with Crippen molar-refractivity contribution in [2.45, 2.75) is 12.5 Å². The van der Waals surface area contributed by atoms with E-state index in [2.05, 4.69) is 0 Å². The Kier molecular flexibility index (Phi) is 4.19. The molecule has 4 nitrogen and oxygen atoms in total. The third kappa shape index (κ3) is 3.17. The monoisotopic (exact) mass is 295 g/mol. The fraction of sp³-hybridized carbons (Fsp3) is 0.222. The first kappa shape index (κ1) is 14.3. The van der Waals surface area contributed by atoms with Gasteiger partial charge in [-0.25, -0.2) is 4.79 Å². The summed E-state index contributed by atoms with van der Waals surface area (Å²) in [6.07, 6.45) is 0.442. The van der Waals surface area contributed by atoms with Crippen LogP contribution in [-0.4, -0.2) is 36.0 Å². The van der Waals surface area contributed by atoms with Crippen LogP contribution in [0.3, 0.4) is 0 Å². The first-order valence-corrected chi connectivity index (χ1v) is 7.34. The van der Waals surface area contributed by atoms with Gasteiger partial charge in [0.1, 0.15) is 6.10 Å². The van der Waals surface area contributed by atoms with Gasteiger partial charge in [-0.15, -0.1) is 0 Å². The van der Waals surface area contributed by atoms with E-state index in [-0.39, 0.29) is 18.0 Å². The fourth-order valence-electron chi connectivity index (χ4n) is 2.57. The standard InChI is InChI=1S/C18H17NO3/c20-17(14-7-3-1-4-8-14)19-12-11-16(13-19)22-18(21)15-9-5-2-6-10-15/h1-10,16H,11-13H2. The molecule has 22 heavy (non-hydrogen) atoms. The minimum absolute atomic E-state index is 0.0149. The summed E-state index contributed by atoms with van der Waals surface area (Å²) in [7, 11) is 0. The molecule has 1 fully saturated rings. The molecule has 0 aliphatic carbocycles. The van der Waals surface area contributed by atoms with Crippen molar-refractivity contribution < 1.29 is 14.3 Å². The molecule has 2 aromatic carbocycles. The topological polar surface area (TPSA) is 46.6 Å². The Bertz CT molecular complexity index is 655. The fourth-order valence-corrected chi connectivity index (χ4v) is 2.57. The summed E-state index contributed by atoms with van der Waals surface area (Å²) >= 11 is 0. The van der Waals surface area contributed by atoms with Gasteiger partial charge in [0.25, 0.3) is 5.91 Å². The van der Waals surface area contributed by atoms with Crippen LogP contribution in [-0.2, 0) is 4.74 Å². The molecule has 3 rings (SSSR count). The maximum atomic E-state index is 12.3. The number of nitrogens with zero attached hydrogens (tertiary/aromatic N) is 1. The highest BCUT2D eigenvalue weighted by molar-refractivity contribution is 5.94. The van der Waals surface area contributed by atoms with Crippen molar-refractivity contribution in [3.8, 4) is 0 Å². The molecule has 0 saturated carbocycles. The average Bonchev–Trinajstić information content (AvgIpc) is 3.04. The van der Waals surface area contributed by atoms with Gasteiger partial charge in [-0.1, -0.05) is 36.4 Å². The smallest absolute Gasteiger partial charge is 0.338 e. The predicted octanol–water partition coefficient (Wildman–Crippen LogP) is 2.76. The zero-order valence-corrected chi connectivity index (χ0v) is 12.1. The number of ether oxygens (including phenoxy) is 1. The Morgan fingerprint density at radius 2 is 1.50 bits per heavy atom. The lowest BCUT2D eigenvalue weighted by molar-refractivity contribution is 0.0315. The lowest BCUT2D eigenvalue weighted by Crippen LogP contribution is -2.30. The molecule has 1 heterocycles. The lowest BCUT2D eigenvalue weighted by Gasteiger charge is -2.16. The van der Waals surface area contributed by atoms with Crippen molar-refractivity contribution in [2.24, 2.45) is 0 Å². The van der Waals surface area contributed by atoms with Gasteiger partial charge in [-0.2, -0.15) is 0 Å². The maximum Gasteiger partial charge on any atom is 0.338 e. The van der Waals surface area contributed by atoms with Crippen molar-refractivity contribution in [1.82, 2.24) is 4.90 Å². The normalized spacial score (nSPS) is 17.3. The number of rotatable bonds is 3. The second-order valence-corrected chi connectivity index (χ2v) is 5.30. The molecule has 1 unspecified atom stereocenters. The van der Waals surface area contributed by atoms with Crippen LogP contribution in [0.15, 0.2) is 60.7 Å². The minimum Gasteiger partial charge on any atom is -0.457 e. The van der Waals surface area contributed by atoms with Crippen molar-refractivity contribution in [1.29, 1.82) is 0 Å². The average molecular weight is 295 g/mol. The largest absolute Gasteiger partial charge is 0.457 e. The Labute approximate surface area is 129 Å². The van der Waals surface area contributed by atoms with Crippen LogP contribution in [0.1, 0.15) is 27.1 Å². The molecular formula is C18H17NO3. The summed E-state index contributed by atoms with van der Waals surface area (Å²) in [6.45, 7) is 1.06. The molecule has 112 valence electrons. The number of carbonyl (C=O) groups is 2. The number of carbonyl (C=O) groups excluding carboxylic acids is 2. The van der Waals surface area contributed by atoms with E-state index in [0.717, 1.165) is 0 Å². The van der Waals surface area contributed by atoms with Crippen molar-refractivity contribution in [2.75, 3.05) is 13.1 Å². The molecule has 1 saturated heterocycles. The van der Waals surface area contributed by atoms with E-state index in [0.29, 0.717) is 30.6 Å². The summed E-state index contributed by atoms with van der Waals surface area (Å²) in [5.74, 6) is -0.349. The van der Waals surface area contributed by atoms with Crippen LogP contribution in [0, 0.1) is 0 Å². The highest BCUT2D eigenvalue weighted by atomic mass is 16.5. The maximum absolute atomic E-state index is 12.3. The molecule has 0 N–H and O–H groups in total. The van der Waals surface area contributed by atoms with Crippen LogP contribution in [0.5, 0.6) is 0 Å². The Morgan fingerprint density at radius 1 is 0.909 bits per heavy atom. The van der Waals surface area contributed by atoms with E-state index in [9.17, 15) is 9.59 Å². The van der Waals surface area contributed by atoms with Crippen LogP contribution >= 0.6 is 0 Å². The van der Waals surface area contributed by atoms with Crippen LogP contribution in [0.25, 0.3) is 0 Å². The van der Waals surface area contributed by atoms with Crippen LogP contribution < -0.4 is 0 Å². The molecular weight excluding hydrogens is 278 g/mol. The Balaban J connectivity index is 1.59. The Morgan fingerprint density at radius 3 is 2.14 bits per heavy atom. The van der Waals surface area contributed by atoms with Crippen LogP contribution in [0.4, 0.5) is 0 Å². The third-order valence-electron chi connectivity index (χ3n) is 3.74. The van der Waals surface area contributed by atoms with Gasteiger partial charge in [0.05, 0.1) is 12.1 Å². The Hall–Kier alpha value is -2.62. The summed E-state index contributed by atoms with van der Waals surface area (Å²) in [5.41, 5.74) is 1.20. The molecule has 1 aliphatic rings. The second-order valence-electron chi connectivity index (χ2n) is 5.30. The summed E-state index contributed by atoms with van der Waals surface area (Å²) in [6, 6.07) is 18.1. The summed E-state index contributed by atoms with van der Waals surface area (Å²) in [4.78, 5) is 26.1. The molecule has 4 heteroatoms. The molecule has 1 amide bonds. The number of amides is 1. The SMILES string of the molecule is O=C(OC1CCN(C(=O)c2ccccc2)C1)c1ccccc1. The van der Waals surface area contributed by atoms with Crippen LogP contribution in [0.2, 0.25) is 0 Å². The van der Waals surface area contributed by atoms with Gasteiger partial charge in [-0.3, -0.25) is 4.79 Å². The van der Waals surface area contributed by atoms with E-state index in [1.165, 1.54) is 0 Å². The van der Waals surface area contributed by atoms with Crippen molar-refractivity contribution in [3.05, 3.63) is 71.8 Å². The molecule has 2 aromatic rings. The van der Waals surface area contributed by atoms with E-state index >= 15 is 0 Å². The van der Waals surface area contributed by atoms with Gasteiger partial charge < -0.3 is 9.64 Å². The molecule has 1 atom stereocenters. The third-order valence-corrected chi connectivity index (χ3v) is 3.74. The highest BCUT2D eigenvalue weighted by Gasteiger charge is 2.29. The van der Waals surface area contributed by atoms with E-state index < -0.39 is 0 Å². The first-order valence-electron chi connectivity index (χ1n) is 7.34. The lowest BCUT2D eigenvalue weighted by atomic mass is 10.2. The summed E-state index contributed by atoms with van der Waals surface area (Å²) < 4.78 is 5.48. The number of hydrogen-bond donors (Lipinski definition) is 0. The molecule has 0 radical (unpaired) electrons. The minimum atomic E-state index is -0.334. The van der Waals surface area contributed by atoms with Crippen molar-refractivity contribution >= 4 is 11.9 Å². The zero-order valence-electron chi connectivity index (χ0n) is 12.1. The zero-order chi connectivity index (χ0) is 15.4. The molecule has 1 aliphatic heterocycles. The van der Waals surface area contributed by atoms with E-state index in [1.54, 1.807) is 41.3 Å². The molecule has 0 bridgehead atoms. The number of likely N-dealkylation sites (tertiary alicyclic amines) is 1. The molecule has 0 spiro atoms. The van der Waals surface area contributed by atoms with Gasteiger partial charge in [-0.05, 0) is 24.3 Å². The van der Waals surface area contributed by atoms with Crippen molar-refractivity contribution in [3.63, 3.8) is 0 Å². The number of benzene rings is 2. The quantitative estimate of drug-likeness (QED) is 0.818. The van der Waals surface area contributed by atoms with Gasteiger partial charge >= 0.3 is 5.97 Å². The van der Waals surface area contributed by atoms with Gasteiger partial charge in [0.15, 0.2) is 0 Å². The van der Waals surface area contributed by atoms with Gasteiger partial charge in [0.2, 0.25) is 0 Å². The van der Waals surface area contributed by atoms with E-state index in [4.69, 9.17) is 4.74 Å². The van der Waals surface area contributed by atoms with Gasteiger partial charge in [0, 0.05) is 18.5 Å². The number of esters is 1. The first-order chi connectivity index (χ1) is 10.7. The molecule has 0 aromatic heterocycles.